The zero-order chi connectivity index (χ0) is 21.1. The minimum absolute atomic E-state index is 0.210. The zero-order valence-corrected chi connectivity index (χ0v) is 16.6. The topological polar surface area (TPSA) is 46.4 Å². The molecule has 4 aromatic rings. The van der Waals surface area contributed by atoms with Gasteiger partial charge in [-0.2, -0.15) is 13.2 Å². The van der Waals surface area contributed by atoms with Gasteiger partial charge in [-0.25, -0.2) is 4.98 Å². The molecular weight excluding hydrogens is 411 g/mol. The van der Waals surface area contributed by atoms with Crippen molar-refractivity contribution in [2.75, 3.05) is 6.54 Å². The van der Waals surface area contributed by atoms with Crippen molar-refractivity contribution >= 4 is 22.2 Å². The number of hydrogen-bond donors (Lipinski definition) is 1. The second kappa shape index (κ2) is 8.31. The zero-order valence-electron chi connectivity index (χ0n) is 15.8. The van der Waals surface area contributed by atoms with E-state index in [2.05, 4.69) is 10.3 Å². The first kappa shape index (κ1) is 20.2. The van der Waals surface area contributed by atoms with Crippen LogP contribution in [0.4, 0.5) is 13.2 Å². The van der Waals surface area contributed by atoms with Gasteiger partial charge in [0.05, 0.1) is 11.3 Å². The molecule has 2 aromatic carbocycles. The van der Waals surface area contributed by atoms with Crippen molar-refractivity contribution in [2.24, 2.45) is 0 Å². The van der Waals surface area contributed by atoms with Crippen LogP contribution >= 0.6 is 11.3 Å². The number of benzene rings is 2. The summed E-state index contributed by atoms with van der Waals surface area (Å²) >= 11 is 1.36. The molecule has 0 atom stereocenters. The highest BCUT2D eigenvalue weighted by Crippen LogP contribution is 2.32. The number of carbonyl (C=O) groups excluding carboxylic acids is 1. The second-order valence-corrected chi connectivity index (χ2v) is 7.66. The van der Waals surface area contributed by atoms with Crippen LogP contribution in [-0.2, 0) is 12.6 Å². The standard InChI is InChI=1S/C22H18F3N3OS/c23-22(24,25)17-10-8-16(9-11-17)19-18(27-21-28(19)13-14-30-21)20(29)26-12-4-7-15-5-2-1-3-6-15/h1-3,5-6,8-11,13-14H,4,7,12H2,(H,26,29). The Morgan fingerprint density at radius 1 is 1.07 bits per heavy atom. The summed E-state index contributed by atoms with van der Waals surface area (Å²) in [7, 11) is 0. The monoisotopic (exact) mass is 429 g/mol. The summed E-state index contributed by atoms with van der Waals surface area (Å²) in [5, 5.41) is 4.69. The Balaban J connectivity index is 1.53. The Kier molecular flexibility index (Phi) is 5.59. The smallest absolute Gasteiger partial charge is 0.351 e. The number of imidazole rings is 1. The molecule has 4 nitrogen and oxygen atoms in total. The van der Waals surface area contributed by atoms with E-state index in [1.54, 1.807) is 10.6 Å². The molecule has 0 bridgehead atoms. The van der Waals surface area contributed by atoms with Crippen LogP contribution in [0.3, 0.4) is 0 Å². The van der Waals surface area contributed by atoms with Gasteiger partial charge < -0.3 is 5.32 Å². The quantitative estimate of drug-likeness (QED) is 0.415. The SMILES string of the molecule is O=C(NCCCc1ccccc1)c1nc2sccn2c1-c1ccc(C(F)(F)F)cc1. The summed E-state index contributed by atoms with van der Waals surface area (Å²) in [5.74, 6) is -0.339. The molecular formula is C22H18F3N3OS. The molecule has 2 heterocycles. The summed E-state index contributed by atoms with van der Waals surface area (Å²) in [6.45, 7) is 0.478. The van der Waals surface area contributed by atoms with Gasteiger partial charge in [0.15, 0.2) is 10.7 Å². The fraction of sp³-hybridized carbons (Fsp3) is 0.182. The largest absolute Gasteiger partial charge is 0.416 e. The van der Waals surface area contributed by atoms with Crippen LogP contribution in [0.2, 0.25) is 0 Å². The van der Waals surface area contributed by atoms with E-state index < -0.39 is 11.7 Å². The second-order valence-electron chi connectivity index (χ2n) is 6.78. The molecule has 0 spiro atoms. The van der Waals surface area contributed by atoms with Gasteiger partial charge in [-0.15, -0.1) is 11.3 Å². The van der Waals surface area contributed by atoms with Crippen LogP contribution in [0.15, 0.2) is 66.2 Å². The summed E-state index contributed by atoms with van der Waals surface area (Å²) in [6.07, 6.45) is -1.04. The fourth-order valence-electron chi connectivity index (χ4n) is 3.26. The number of nitrogens with one attached hydrogen (secondary N) is 1. The number of nitrogens with zero attached hydrogens (tertiary/aromatic N) is 2. The van der Waals surface area contributed by atoms with Gasteiger partial charge in [-0.3, -0.25) is 9.20 Å². The van der Waals surface area contributed by atoms with Gasteiger partial charge >= 0.3 is 6.18 Å². The van der Waals surface area contributed by atoms with Crippen LogP contribution in [0, 0.1) is 0 Å². The predicted octanol–water partition coefficient (Wildman–Crippen LogP) is 5.44. The van der Waals surface area contributed by atoms with Crippen LogP contribution < -0.4 is 5.32 Å². The van der Waals surface area contributed by atoms with Crippen molar-refractivity contribution < 1.29 is 18.0 Å². The first-order valence-electron chi connectivity index (χ1n) is 9.39. The van der Waals surface area contributed by atoms with Crippen molar-refractivity contribution in [2.45, 2.75) is 19.0 Å². The molecule has 0 unspecified atom stereocenters. The molecule has 0 aliphatic heterocycles. The van der Waals surface area contributed by atoms with Crippen LogP contribution in [0.5, 0.6) is 0 Å². The lowest BCUT2D eigenvalue weighted by molar-refractivity contribution is -0.137. The molecule has 0 aliphatic rings. The molecule has 154 valence electrons. The lowest BCUT2D eigenvalue weighted by Gasteiger charge is -2.09. The van der Waals surface area contributed by atoms with E-state index in [1.807, 2.05) is 35.7 Å². The predicted molar refractivity (Wildman–Crippen MR) is 111 cm³/mol. The third-order valence-electron chi connectivity index (χ3n) is 4.73. The highest BCUT2D eigenvalue weighted by Gasteiger charge is 2.30. The molecule has 2 aromatic heterocycles. The molecule has 30 heavy (non-hydrogen) atoms. The van der Waals surface area contributed by atoms with Crippen molar-refractivity contribution in [3.05, 3.63) is 83.0 Å². The maximum atomic E-state index is 12.9. The first-order valence-corrected chi connectivity index (χ1v) is 10.3. The van der Waals surface area contributed by atoms with Gasteiger partial charge in [-0.05, 0) is 30.5 Å². The lowest BCUT2D eigenvalue weighted by Crippen LogP contribution is -2.25. The number of carbonyl (C=O) groups is 1. The third kappa shape index (κ3) is 4.23. The average Bonchev–Trinajstić information content (AvgIpc) is 3.32. The number of halogens is 3. The van der Waals surface area contributed by atoms with Crippen molar-refractivity contribution in [1.29, 1.82) is 0 Å². The van der Waals surface area contributed by atoms with E-state index in [9.17, 15) is 18.0 Å². The van der Waals surface area contributed by atoms with Crippen molar-refractivity contribution in [3.8, 4) is 11.3 Å². The molecule has 8 heteroatoms. The van der Waals surface area contributed by atoms with E-state index in [0.29, 0.717) is 22.8 Å². The van der Waals surface area contributed by atoms with E-state index >= 15 is 0 Å². The molecule has 0 fully saturated rings. The highest BCUT2D eigenvalue weighted by molar-refractivity contribution is 7.15. The van der Waals surface area contributed by atoms with Crippen LogP contribution in [-0.4, -0.2) is 21.8 Å². The summed E-state index contributed by atoms with van der Waals surface area (Å²) in [6, 6.07) is 14.8. The van der Waals surface area contributed by atoms with Crippen LogP contribution in [0.1, 0.15) is 28.0 Å². The number of aromatic nitrogens is 2. The maximum absolute atomic E-state index is 12.9. The van der Waals surface area contributed by atoms with E-state index in [4.69, 9.17) is 0 Å². The summed E-state index contributed by atoms with van der Waals surface area (Å²) in [5.41, 5.74) is 1.66. The normalized spacial score (nSPS) is 11.7. The minimum atomic E-state index is -4.41. The minimum Gasteiger partial charge on any atom is -0.351 e. The van der Waals surface area contributed by atoms with Gasteiger partial charge in [0, 0.05) is 23.7 Å². The maximum Gasteiger partial charge on any atom is 0.416 e. The van der Waals surface area contributed by atoms with E-state index in [1.165, 1.54) is 29.0 Å². The number of alkyl halides is 3. The number of rotatable bonds is 6. The Bertz CT molecular complexity index is 1150. The molecule has 1 N–H and O–H groups in total. The Morgan fingerprint density at radius 3 is 2.50 bits per heavy atom. The molecule has 0 aliphatic carbocycles. The number of fused-ring (bicyclic) bond motifs is 1. The van der Waals surface area contributed by atoms with Gasteiger partial charge in [0.2, 0.25) is 0 Å². The lowest BCUT2D eigenvalue weighted by atomic mass is 10.1. The number of aryl methyl sites for hydroxylation is 1. The van der Waals surface area contributed by atoms with Crippen molar-refractivity contribution in [3.63, 3.8) is 0 Å². The van der Waals surface area contributed by atoms with Crippen molar-refractivity contribution in [1.82, 2.24) is 14.7 Å². The number of amides is 1. The van der Waals surface area contributed by atoms with E-state index in [-0.39, 0.29) is 11.6 Å². The Labute approximate surface area is 175 Å². The average molecular weight is 429 g/mol. The van der Waals surface area contributed by atoms with Gasteiger partial charge in [-0.1, -0.05) is 42.5 Å². The van der Waals surface area contributed by atoms with Crippen LogP contribution in [0.25, 0.3) is 16.2 Å². The molecule has 1 amide bonds. The highest BCUT2D eigenvalue weighted by atomic mass is 32.1. The molecule has 4 rings (SSSR count). The molecule has 0 saturated heterocycles. The first-order chi connectivity index (χ1) is 14.4. The summed E-state index contributed by atoms with van der Waals surface area (Å²) in [4.78, 5) is 17.8. The Hall–Kier alpha value is -3.13. The third-order valence-corrected chi connectivity index (χ3v) is 5.49. The Morgan fingerprint density at radius 2 is 1.80 bits per heavy atom. The number of hydrogen-bond acceptors (Lipinski definition) is 3. The number of thiazole rings is 1. The molecule has 0 radical (unpaired) electrons. The van der Waals surface area contributed by atoms with E-state index in [0.717, 1.165) is 25.0 Å². The fourth-order valence-corrected chi connectivity index (χ4v) is 3.97. The van der Waals surface area contributed by atoms with Gasteiger partial charge in [0.25, 0.3) is 5.91 Å². The van der Waals surface area contributed by atoms with Gasteiger partial charge in [0.1, 0.15) is 0 Å². The molecule has 0 saturated carbocycles. The summed E-state index contributed by atoms with van der Waals surface area (Å²) < 4.78 is 40.4.